The molecule has 0 radical (unpaired) electrons. The van der Waals surface area contributed by atoms with E-state index in [4.69, 9.17) is 14.2 Å². The predicted molar refractivity (Wildman–Crippen MR) is 139 cm³/mol. The van der Waals surface area contributed by atoms with Crippen LogP contribution in [0.5, 0.6) is 17.2 Å². The Bertz CT molecular complexity index is 1330. The van der Waals surface area contributed by atoms with E-state index in [2.05, 4.69) is 17.0 Å². The average Bonchev–Trinajstić information content (AvgIpc) is 3.51. The summed E-state index contributed by atoms with van der Waals surface area (Å²) in [6.45, 7) is 4.92. The first-order valence-corrected chi connectivity index (χ1v) is 11.9. The zero-order valence-corrected chi connectivity index (χ0v) is 21.4. The van der Waals surface area contributed by atoms with E-state index in [0.29, 0.717) is 17.9 Å². The maximum absolute atomic E-state index is 11.6. The molecule has 3 heterocycles. The lowest BCUT2D eigenvalue weighted by Gasteiger charge is -2.24. The Kier molecular flexibility index (Phi) is 7.73. The standard InChI is InChI=1S/C15H15N3O2.C13H17NO2/c1-10-6-12-8-16-13(9-18(12)17-10)11-4-5-14(19-2)15(7-11)20-3;1-10(14-9-3-4-13(14)15)11-5-7-12(16-2)8-6-11/h4-9H,1-3H3;5-8,10H,3-4,9H2,1-2H3/t;10-/m.1/s1. The highest BCUT2D eigenvalue weighted by molar-refractivity contribution is 5.78. The molecule has 0 N–H and O–H groups in total. The van der Waals surface area contributed by atoms with Crippen LogP contribution < -0.4 is 14.2 Å². The number of nitrogens with zero attached hydrogens (tertiary/aromatic N) is 4. The summed E-state index contributed by atoms with van der Waals surface area (Å²) in [4.78, 5) is 18.0. The van der Waals surface area contributed by atoms with Gasteiger partial charge in [0.2, 0.25) is 5.91 Å². The van der Waals surface area contributed by atoms with Gasteiger partial charge in [-0.05, 0) is 62.2 Å². The van der Waals surface area contributed by atoms with Crippen molar-refractivity contribution in [3.8, 4) is 28.5 Å². The molecular weight excluding hydrogens is 456 g/mol. The Labute approximate surface area is 211 Å². The Morgan fingerprint density at radius 1 is 0.944 bits per heavy atom. The molecule has 0 aliphatic carbocycles. The van der Waals surface area contributed by atoms with Crippen LogP contribution in [0.3, 0.4) is 0 Å². The van der Waals surface area contributed by atoms with Crippen LogP contribution in [0.4, 0.5) is 0 Å². The minimum Gasteiger partial charge on any atom is -0.497 e. The lowest BCUT2D eigenvalue weighted by atomic mass is 10.1. The van der Waals surface area contributed by atoms with Crippen LogP contribution in [0.2, 0.25) is 0 Å². The Morgan fingerprint density at radius 3 is 2.33 bits per heavy atom. The van der Waals surface area contributed by atoms with Crippen LogP contribution in [-0.2, 0) is 4.79 Å². The maximum Gasteiger partial charge on any atom is 0.223 e. The maximum atomic E-state index is 11.6. The monoisotopic (exact) mass is 488 g/mol. The molecule has 1 saturated heterocycles. The van der Waals surface area contributed by atoms with E-state index in [1.165, 1.54) is 0 Å². The summed E-state index contributed by atoms with van der Waals surface area (Å²) in [5, 5.41) is 4.40. The normalized spacial score (nSPS) is 13.8. The molecule has 8 heteroatoms. The Morgan fingerprint density at radius 2 is 1.69 bits per heavy atom. The molecule has 0 bridgehead atoms. The molecule has 0 unspecified atom stereocenters. The number of rotatable bonds is 6. The number of fused-ring (bicyclic) bond motifs is 1. The third-order valence-corrected chi connectivity index (χ3v) is 6.32. The molecule has 188 valence electrons. The number of benzene rings is 2. The molecule has 1 aliphatic heterocycles. The van der Waals surface area contributed by atoms with E-state index in [-0.39, 0.29) is 11.9 Å². The zero-order valence-electron chi connectivity index (χ0n) is 21.4. The number of aryl methyl sites for hydroxylation is 1. The first-order valence-electron chi connectivity index (χ1n) is 11.9. The lowest BCUT2D eigenvalue weighted by molar-refractivity contribution is -0.129. The van der Waals surface area contributed by atoms with Gasteiger partial charge in [0.1, 0.15) is 5.75 Å². The first kappa shape index (κ1) is 25.0. The summed E-state index contributed by atoms with van der Waals surface area (Å²) in [5.74, 6) is 2.50. The molecule has 36 heavy (non-hydrogen) atoms. The number of ether oxygens (including phenoxy) is 3. The second-order valence-electron chi connectivity index (χ2n) is 8.64. The smallest absolute Gasteiger partial charge is 0.223 e. The van der Waals surface area contributed by atoms with E-state index in [9.17, 15) is 4.79 Å². The largest absolute Gasteiger partial charge is 0.497 e. The summed E-state index contributed by atoms with van der Waals surface area (Å²) in [6, 6.07) is 15.8. The van der Waals surface area contributed by atoms with Gasteiger partial charge in [-0.25, -0.2) is 4.52 Å². The third kappa shape index (κ3) is 5.43. The highest BCUT2D eigenvalue weighted by Gasteiger charge is 2.25. The third-order valence-electron chi connectivity index (χ3n) is 6.32. The minimum atomic E-state index is 0.168. The van der Waals surface area contributed by atoms with Crippen LogP contribution in [0.25, 0.3) is 16.8 Å². The molecule has 4 aromatic rings. The van der Waals surface area contributed by atoms with Crippen molar-refractivity contribution in [1.29, 1.82) is 0 Å². The second kappa shape index (κ2) is 11.1. The van der Waals surface area contributed by atoms with Gasteiger partial charge in [-0.2, -0.15) is 5.10 Å². The molecule has 1 amide bonds. The molecule has 5 rings (SSSR count). The van der Waals surface area contributed by atoms with Gasteiger partial charge in [-0.3, -0.25) is 9.78 Å². The van der Waals surface area contributed by atoms with Crippen molar-refractivity contribution in [2.24, 2.45) is 0 Å². The van der Waals surface area contributed by atoms with Crippen molar-refractivity contribution in [2.45, 2.75) is 32.7 Å². The van der Waals surface area contributed by atoms with Crippen molar-refractivity contribution in [2.75, 3.05) is 27.9 Å². The van der Waals surface area contributed by atoms with Crippen LogP contribution in [-0.4, -0.2) is 53.3 Å². The van der Waals surface area contributed by atoms with Crippen molar-refractivity contribution >= 4 is 11.4 Å². The van der Waals surface area contributed by atoms with E-state index in [0.717, 1.165) is 46.7 Å². The molecule has 1 atom stereocenters. The van der Waals surface area contributed by atoms with Gasteiger partial charge in [0.25, 0.3) is 0 Å². The molecule has 8 nitrogen and oxygen atoms in total. The first-order chi connectivity index (χ1) is 17.4. The molecule has 1 fully saturated rings. The summed E-state index contributed by atoms with van der Waals surface area (Å²) < 4.78 is 17.5. The van der Waals surface area contributed by atoms with E-state index in [1.807, 2.05) is 77.3 Å². The molecule has 1 aliphatic rings. The number of carbonyl (C=O) groups is 1. The topological polar surface area (TPSA) is 78.2 Å². The molecule has 0 saturated carbocycles. The quantitative estimate of drug-likeness (QED) is 0.376. The van der Waals surface area contributed by atoms with Crippen LogP contribution >= 0.6 is 0 Å². The van der Waals surface area contributed by atoms with Crippen molar-refractivity contribution in [1.82, 2.24) is 19.5 Å². The highest BCUT2D eigenvalue weighted by Crippen LogP contribution is 2.31. The number of methoxy groups -OCH3 is 3. The summed E-state index contributed by atoms with van der Waals surface area (Å²) in [6.07, 6.45) is 5.40. The van der Waals surface area contributed by atoms with Gasteiger partial charge < -0.3 is 19.1 Å². The number of hydrogen-bond acceptors (Lipinski definition) is 6. The van der Waals surface area contributed by atoms with Crippen molar-refractivity contribution in [3.05, 3.63) is 72.2 Å². The van der Waals surface area contributed by atoms with Crippen molar-refractivity contribution < 1.29 is 19.0 Å². The SMILES string of the molecule is COc1ccc(-c2cn3nc(C)cc3cn2)cc1OC.COc1ccc([C@@H](C)N2CCCC2=O)cc1. The van der Waals surface area contributed by atoms with E-state index >= 15 is 0 Å². The fraction of sp³-hybridized carbons (Fsp3) is 0.321. The Hall–Kier alpha value is -4.07. The van der Waals surface area contributed by atoms with Gasteiger partial charge >= 0.3 is 0 Å². The minimum absolute atomic E-state index is 0.168. The summed E-state index contributed by atoms with van der Waals surface area (Å²) >= 11 is 0. The molecule has 2 aromatic heterocycles. The van der Waals surface area contributed by atoms with Gasteiger partial charge in [0.05, 0.1) is 56.7 Å². The lowest BCUT2D eigenvalue weighted by Crippen LogP contribution is -2.27. The summed E-state index contributed by atoms with van der Waals surface area (Å²) in [5.41, 5.74) is 4.90. The molecule has 0 spiro atoms. The number of amides is 1. The number of carbonyl (C=O) groups excluding carboxylic acids is 1. The van der Waals surface area contributed by atoms with Gasteiger partial charge in [-0.1, -0.05) is 12.1 Å². The Balaban J connectivity index is 0.000000174. The summed E-state index contributed by atoms with van der Waals surface area (Å²) in [7, 11) is 4.89. The van der Waals surface area contributed by atoms with Crippen LogP contribution in [0, 0.1) is 6.92 Å². The highest BCUT2D eigenvalue weighted by atomic mass is 16.5. The number of aromatic nitrogens is 3. The fourth-order valence-electron chi connectivity index (χ4n) is 4.31. The van der Waals surface area contributed by atoms with Gasteiger partial charge in [0.15, 0.2) is 11.5 Å². The zero-order chi connectivity index (χ0) is 25.7. The van der Waals surface area contributed by atoms with Crippen LogP contribution in [0.1, 0.15) is 37.1 Å². The van der Waals surface area contributed by atoms with Gasteiger partial charge in [-0.15, -0.1) is 0 Å². The van der Waals surface area contributed by atoms with E-state index < -0.39 is 0 Å². The molecule has 2 aromatic carbocycles. The fourth-order valence-corrected chi connectivity index (χ4v) is 4.31. The molecular formula is C28H32N4O4. The average molecular weight is 489 g/mol. The van der Waals surface area contributed by atoms with Gasteiger partial charge in [0, 0.05) is 18.5 Å². The second-order valence-corrected chi connectivity index (χ2v) is 8.64. The number of hydrogen-bond donors (Lipinski definition) is 0. The predicted octanol–water partition coefficient (Wildman–Crippen LogP) is 5.10. The number of likely N-dealkylation sites (tertiary alicyclic amines) is 1. The van der Waals surface area contributed by atoms with Crippen LogP contribution in [0.15, 0.2) is 60.9 Å². The van der Waals surface area contributed by atoms with E-state index in [1.54, 1.807) is 21.3 Å². The van der Waals surface area contributed by atoms with Crippen molar-refractivity contribution in [3.63, 3.8) is 0 Å².